The molecule has 0 atom stereocenters. The Balaban J connectivity index is 1.85. The highest BCUT2D eigenvalue weighted by Crippen LogP contribution is 2.32. The van der Waals surface area contributed by atoms with Crippen molar-refractivity contribution in [2.24, 2.45) is 0 Å². The van der Waals surface area contributed by atoms with E-state index >= 15 is 0 Å². The third-order valence-electron chi connectivity index (χ3n) is 2.46. The molecule has 0 bridgehead atoms. The zero-order valence-corrected chi connectivity index (χ0v) is 12.7. The van der Waals surface area contributed by atoms with Crippen LogP contribution in [0.2, 0.25) is 0 Å². The average Bonchev–Trinajstić information content (AvgIpc) is 3.07. The van der Waals surface area contributed by atoms with Gasteiger partial charge in [-0.25, -0.2) is 9.97 Å². The Hall–Kier alpha value is -1.86. The molecule has 0 radical (unpaired) electrons. The fourth-order valence-corrected chi connectivity index (χ4v) is 3.39. The van der Waals surface area contributed by atoms with Crippen LogP contribution in [0.4, 0.5) is 5.13 Å². The molecule has 0 saturated carbocycles. The van der Waals surface area contributed by atoms with Crippen LogP contribution < -0.4 is 5.32 Å². The normalized spacial score (nSPS) is 10.9. The van der Waals surface area contributed by atoms with Crippen molar-refractivity contribution in [1.82, 2.24) is 19.9 Å². The summed E-state index contributed by atoms with van der Waals surface area (Å²) in [7, 11) is 0. The smallest absolute Gasteiger partial charge is 0.183 e. The fourth-order valence-electron chi connectivity index (χ4n) is 1.62. The van der Waals surface area contributed by atoms with E-state index < -0.39 is 0 Å². The molecular weight excluding hydrogens is 290 g/mol. The van der Waals surface area contributed by atoms with Gasteiger partial charge in [0.05, 0.1) is 16.8 Å². The molecule has 0 unspecified atom stereocenters. The topological polar surface area (TPSA) is 63.6 Å². The molecular formula is C13H13N5S2. The molecule has 0 aliphatic carbocycles. The second kappa shape index (κ2) is 5.64. The molecule has 0 fully saturated rings. The van der Waals surface area contributed by atoms with Crippen LogP contribution >= 0.6 is 22.7 Å². The van der Waals surface area contributed by atoms with E-state index in [0.717, 1.165) is 26.4 Å². The number of nitrogens with zero attached hydrogens (tertiary/aromatic N) is 4. The average molecular weight is 303 g/mol. The lowest BCUT2D eigenvalue weighted by Gasteiger charge is -2.04. The Morgan fingerprint density at radius 3 is 2.75 bits per heavy atom. The summed E-state index contributed by atoms with van der Waals surface area (Å²) in [6, 6.07) is 0.380. The first kappa shape index (κ1) is 13.1. The van der Waals surface area contributed by atoms with Gasteiger partial charge in [0, 0.05) is 30.0 Å². The van der Waals surface area contributed by atoms with E-state index in [1.54, 1.807) is 41.3 Å². The van der Waals surface area contributed by atoms with E-state index in [0.29, 0.717) is 6.04 Å². The first-order valence-corrected chi connectivity index (χ1v) is 7.86. The Labute approximate surface area is 124 Å². The quantitative estimate of drug-likeness (QED) is 0.798. The van der Waals surface area contributed by atoms with Gasteiger partial charge >= 0.3 is 0 Å². The van der Waals surface area contributed by atoms with Crippen LogP contribution in [0.1, 0.15) is 13.8 Å². The minimum absolute atomic E-state index is 0.380. The highest BCUT2D eigenvalue weighted by atomic mass is 32.1. The van der Waals surface area contributed by atoms with E-state index in [-0.39, 0.29) is 0 Å². The molecule has 3 aromatic rings. The molecule has 3 rings (SSSR count). The van der Waals surface area contributed by atoms with Crippen molar-refractivity contribution in [2.45, 2.75) is 19.9 Å². The van der Waals surface area contributed by atoms with Gasteiger partial charge in [-0.3, -0.25) is 9.97 Å². The van der Waals surface area contributed by atoms with Gasteiger partial charge in [-0.05, 0) is 13.8 Å². The summed E-state index contributed by atoms with van der Waals surface area (Å²) in [6.45, 7) is 4.19. The molecule has 20 heavy (non-hydrogen) atoms. The lowest BCUT2D eigenvalue weighted by atomic mass is 10.4. The molecule has 3 aromatic heterocycles. The van der Waals surface area contributed by atoms with Crippen molar-refractivity contribution < 1.29 is 0 Å². The second-order valence-electron chi connectivity index (χ2n) is 4.46. The van der Waals surface area contributed by atoms with Gasteiger partial charge in [0.15, 0.2) is 5.13 Å². The fraction of sp³-hybridized carbons (Fsp3) is 0.231. The SMILES string of the molecule is CC(C)Nc1nc(-c2cnc(-c3cnccn3)s2)cs1. The molecule has 5 nitrogen and oxygen atoms in total. The van der Waals surface area contributed by atoms with Gasteiger partial charge in [-0.2, -0.15) is 0 Å². The van der Waals surface area contributed by atoms with E-state index in [9.17, 15) is 0 Å². The summed E-state index contributed by atoms with van der Waals surface area (Å²) in [5.41, 5.74) is 1.74. The predicted octanol–water partition coefficient (Wildman–Crippen LogP) is 3.54. The Kier molecular flexibility index (Phi) is 3.70. The molecule has 1 N–H and O–H groups in total. The highest BCUT2D eigenvalue weighted by molar-refractivity contribution is 7.19. The standard InChI is InChI=1S/C13H13N5S2/c1-8(2)17-13-18-10(7-19-13)11-6-16-12(20-11)9-5-14-3-4-15-9/h3-8H,1-2H3,(H,17,18). The van der Waals surface area contributed by atoms with Crippen LogP contribution in [0.15, 0.2) is 30.2 Å². The second-order valence-corrected chi connectivity index (χ2v) is 6.35. The molecule has 0 amide bonds. The third kappa shape index (κ3) is 2.83. The lowest BCUT2D eigenvalue weighted by molar-refractivity contribution is 0.897. The van der Waals surface area contributed by atoms with E-state index in [2.05, 4.69) is 39.1 Å². The molecule has 0 aromatic carbocycles. The zero-order chi connectivity index (χ0) is 13.9. The summed E-state index contributed by atoms with van der Waals surface area (Å²) >= 11 is 3.18. The Morgan fingerprint density at radius 2 is 2.00 bits per heavy atom. The summed E-state index contributed by atoms with van der Waals surface area (Å²) in [6.07, 6.45) is 6.88. The van der Waals surface area contributed by atoms with Crippen LogP contribution in [-0.4, -0.2) is 26.0 Å². The van der Waals surface area contributed by atoms with E-state index in [1.165, 1.54) is 0 Å². The van der Waals surface area contributed by atoms with Crippen LogP contribution in [0.5, 0.6) is 0 Å². The predicted molar refractivity (Wildman–Crippen MR) is 83.0 cm³/mol. The van der Waals surface area contributed by atoms with Crippen molar-refractivity contribution in [2.75, 3.05) is 5.32 Å². The van der Waals surface area contributed by atoms with Crippen molar-refractivity contribution in [3.8, 4) is 21.3 Å². The minimum atomic E-state index is 0.380. The Bertz CT molecular complexity index is 690. The Morgan fingerprint density at radius 1 is 1.10 bits per heavy atom. The number of hydrogen-bond donors (Lipinski definition) is 1. The lowest BCUT2D eigenvalue weighted by Crippen LogP contribution is -2.08. The maximum absolute atomic E-state index is 4.57. The number of thiazole rings is 2. The van der Waals surface area contributed by atoms with Crippen LogP contribution in [0.3, 0.4) is 0 Å². The van der Waals surface area contributed by atoms with E-state index in [1.807, 2.05) is 11.6 Å². The highest BCUT2D eigenvalue weighted by Gasteiger charge is 2.11. The maximum atomic E-state index is 4.57. The number of anilines is 1. The largest absolute Gasteiger partial charge is 0.359 e. The molecule has 102 valence electrons. The first-order valence-electron chi connectivity index (χ1n) is 6.17. The number of hydrogen-bond acceptors (Lipinski definition) is 7. The molecule has 7 heteroatoms. The van der Waals surface area contributed by atoms with Crippen molar-refractivity contribution in [1.29, 1.82) is 0 Å². The monoisotopic (exact) mass is 303 g/mol. The minimum Gasteiger partial charge on any atom is -0.359 e. The van der Waals surface area contributed by atoms with Crippen molar-refractivity contribution in [3.63, 3.8) is 0 Å². The van der Waals surface area contributed by atoms with E-state index in [4.69, 9.17) is 0 Å². The summed E-state index contributed by atoms with van der Waals surface area (Å²) in [5, 5.41) is 7.14. The molecule has 0 spiro atoms. The maximum Gasteiger partial charge on any atom is 0.183 e. The summed E-state index contributed by atoms with van der Waals surface area (Å²) in [4.78, 5) is 18.3. The van der Waals surface area contributed by atoms with Crippen LogP contribution in [0.25, 0.3) is 21.3 Å². The number of nitrogens with one attached hydrogen (secondary N) is 1. The molecule has 0 aliphatic heterocycles. The molecule has 0 saturated heterocycles. The van der Waals surface area contributed by atoms with Crippen molar-refractivity contribution in [3.05, 3.63) is 30.2 Å². The van der Waals surface area contributed by atoms with Crippen molar-refractivity contribution >= 4 is 27.8 Å². The third-order valence-corrected chi connectivity index (χ3v) is 4.27. The zero-order valence-electron chi connectivity index (χ0n) is 11.1. The van der Waals surface area contributed by atoms with Gasteiger partial charge < -0.3 is 5.32 Å². The van der Waals surface area contributed by atoms with Gasteiger partial charge in [-0.15, -0.1) is 22.7 Å². The van der Waals surface area contributed by atoms with Gasteiger partial charge in [0.2, 0.25) is 0 Å². The van der Waals surface area contributed by atoms with Gasteiger partial charge in [0.25, 0.3) is 0 Å². The summed E-state index contributed by atoms with van der Waals surface area (Å²) in [5.74, 6) is 0. The number of aromatic nitrogens is 4. The number of rotatable bonds is 4. The first-order chi connectivity index (χ1) is 9.72. The summed E-state index contributed by atoms with van der Waals surface area (Å²) < 4.78 is 0. The molecule has 3 heterocycles. The molecule has 0 aliphatic rings. The van der Waals surface area contributed by atoms with Crippen LogP contribution in [-0.2, 0) is 0 Å². The van der Waals surface area contributed by atoms with Crippen LogP contribution in [0, 0.1) is 0 Å². The van der Waals surface area contributed by atoms with Gasteiger partial charge in [-0.1, -0.05) is 0 Å². The van der Waals surface area contributed by atoms with Gasteiger partial charge in [0.1, 0.15) is 10.7 Å².